The minimum Gasteiger partial charge on any atom is -0.456 e. The largest absolute Gasteiger partial charge is 0.456 e. The van der Waals surface area contributed by atoms with E-state index in [4.69, 9.17) is 4.42 Å². The van der Waals surface area contributed by atoms with E-state index in [9.17, 15) is 0 Å². The van der Waals surface area contributed by atoms with Gasteiger partial charge in [0.1, 0.15) is 11.2 Å². The van der Waals surface area contributed by atoms with Crippen LogP contribution in [-0.2, 0) is 5.41 Å². The van der Waals surface area contributed by atoms with Crippen molar-refractivity contribution >= 4 is 65.6 Å². The highest BCUT2D eigenvalue weighted by atomic mass is 16.3. The molecule has 284 valence electrons. The summed E-state index contributed by atoms with van der Waals surface area (Å²) in [6.07, 6.45) is 9.91. The Hall–Kier alpha value is -7.36. The molecule has 1 unspecified atom stereocenters. The van der Waals surface area contributed by atoms with Gasteiger partial charge in [-0.1, -0.05) is 135 Å². The molecule has 0 radical (unpaired) electrons. The Morgan fingerprint density at radius 2 is 1.22 bits per heavy atom. The summed E-state index contributed by atoms with van der Waals surface area (Å²) in [5.74, 6) is 0. The van der Waals surface area contributed by atoms with E-state index < -0.39 is 0 Å². The lowest BCUT2D eigenvalue weighted by atomic mass is 9.82. The van der Waals surface area contributed by atoms with Crippen molar-refractivity contribution in [3.8, 4) is 39.1 Å². The van der Waals surface area contributed by atoms with E-state index in [0.29, 0.717) is 6.04 Å². The Morgan fingerprint density at radius 1 is 0.500 bits per heavy atom. The van der Waals surface area contributed by atoms with Gasteiger partial charge in [0, 0.05) is 54.5 Å². The van der Waals surface area contributed by atoms with Gasteiger partial charge in [-0.05, 0) is 118 Å². The highest BCUT2D eigenvalue weighted by molar-refractivity contribution is 6.20. The molecule has 0 aliphatic heterocycles. The summed E-state index contributed by atoms with van der Waals surface area (Å²) in [5.41, 5.74) is 18.0. The van der Waals surface area contributed by atoms with E-state index in [1.807, 2.05) is 0 Å². The molecule has 1 atom stereocenters. The number of furan rings is 1. The van der Waals surface area contributed by atoms with Crippen molar-refractivity contribution in [1.29, 1.82) is 0 Å². The Labute approximate surface area is 347 Å². The van der Waals surface area contributed by atoms with Crippen molar-refractivity contribution in [3.05, 3.63) is 199 Å². The normalized spacial score (nSPS) is 15.6. The fraction of sp³-hybridized carbons (Fsp3) is 0.0877. The number of rotatable bonds is 4. The van der Waals surface area contributed by atoms with Crippen LogP contribution in [0.15, 0.2) is 193 Å². The van der Waals surface area contributed by atoms with Gasteiger partial charge in [0.2, 0.25) is 0 Å². The molecule has 11 aromatic rings. The van der Waals surface area contributed by atoms with Crippen LogP contribution in [0.3, 0.4) is 0 Å². The maximum atomic E-state index is 6.63. The first kappa shape index (κ1) is 33.6. The lowest BCUT2D eigenvalue weighted by Crippen LogP contribution is -2.14. The summed E-state index contributed by atoms with van der Waals surface area (Å²) < 4.78 is 11.6. The molecule has 0 spiro atoms. The van der Waals surface area contributed by atoms with Crippen LogP contribution in [0.2, 0.25) is 0 Å². The Bertz CT molecular complexity index is 3660. The van der Waals surface area contributed by atoms with Crippen molar-refractivity contribution in [1.82, 2.24) is 9.13 Å². The molecule has 3 heterocycles. The topological polar surface area (TPSA) is 23.0 Å². The Balaban J connectivity index is 1.02. The Morgan fingerprint density at radius 3 is 2.10 bits per heavy atom. The van der Waals surface area contributed by atoms with E-state index >= 15 is 0 Å². The average molecular weight is 769 g/mol. The lowest BCUT2D eigenvalue weighted by Gasteiger charge is -2.21. The number of nitrogens with zero attached hydrogens (tertiary/aromatic N) is 2. The minimum atomic E-state index is -0.0934. The summed E-state index contributed by atoms with van der Waals surface area (Å²) >= 11 is 0. The molecule has 0 bridgehead atoms. The number of para-hydroxylation sites is 2. The number of allylic oxidation sites excluding steroid dienone is 4. The quantitative estimate of drug-likeness (QED) is 0.175. The summed E-state index contributed by atoms with van der Waals surface area (Å²) in [4.78, 5) is 0. The third-order valence-corrected chi connectivity index (χ3v) is 13.6. The highest BCUT2D eigenvalue weighted by Gasteiger charge is 2.37. The summed E-state index contributed by atoms with van der Waals surface area (Å²) in [6, 6.07) is 60.9. The molecule has 2 aliphatic carbocycles. The molecule has 0 fully saturated rings. The van der Waals surface area contributed by atoms with Gasteiger partial charge in [-0.15, -0.1) is 0 Å². The Kier molecular flexibility index (Phi) is 6.90. The molecule has 3 nitrogen and oxygen atoms in total. The first-order valence-corrected chi connectivity index (χ1v) is 21.1. The highest BCUT2D eigenvalue weighted by Crippen LogP contribution is 2.53. The second kappa shape index (κ2) is 12.3. The van der Waals surface area contributed by atoms with Crippen LogP contribution < -0.4 is 0 Å². The van der Waals surface area contributed by atoms with E-state index in [-0.39, 0.29) is 5.41 Å². The summed E-state index contributed by atoms with van der Waals surface area (Å²) in [6.45, 7) is 4.74. The zero-order valence-corrected chi connectivity index (χ0v) is 33.5. The molecule has 13 rings (SSSR count). The SMILES string of the molecule is CC1(C)c2ccccc2-c2c1ccc1c2c2cc(-c3cccc4oc5ccc(-c6ccc7c(c6)c6ccccc6n7C6C=CC=CC6)cc5c34)ccc2n1-c1ccccc1. The number of hydrogen-bond acceptors (Lipinski definition) is 1. The first-order chi connectivity index (χ1) is 29.5. The molecule has 60 heavy (non-hydrogen) atoms. The number of hydrogen-bond donors (Lipinski definition) is 0. The molecular formula is C57H40N2O. The van der Waals surface area contributed by atoms with Crippen molar-refractivity contribution < 1.29 is 4.42 Å². The maximum absolute atomic E-state index is 6.63. The molecular weight excluding hydrogens is 729 g/mol. The van der Waals surface area contributed by atoms with Gasteiger partial charge in [0.05, 0.1) is 17.1 Å². The average Bonchev–Trinajstić information content (AvgIpc) is 4.01. The third-order valence-electron chi connectivity index (χ3n) is 13.6. The van der Waals surface area contributed by atoms with E-state index in [2.05, 4.69) is 211 Å². The zero-order chi connectivity index (χ0) is 39.7. The van der Waals surface area contributed by atoms with Gasteiger partial charge in [0.15, 0.2) is 0 Å². The van der Waals surface area contributed by atoms with Crippen molar-refractivity contribution in [2.75, 3.05) is 0 Å². The van der Waals surface area contributed by atoms with E-state index in [1.54, 1.807) is 0 Å². The fourth-order valence-corrected chi connectivity index (χ4v) is 10.9. The smallest absolute Gasteiger partial charge is 0.136 e. The predicted octanol–water partition coefficient (Wildman–Crippen LogP) is 15.5. The van der Waals surface area contributed by atoms with Crippen LogP contribution in [0.1, 0.15) is 37.4 Å². The van der Waals surface area contributed by atoms with Crippen molar-refractivity contribution in [3.63, 3.8) is 0 Å². The monoisotopic (exact) mass is 768 g/mol. The van der Waals surface area contributed by atoms with Crippen molar-refractivity contribution in [2.24, 2.45) is 0 Å². The predicted molar refractivity (Wildman–Crippen MR) is 251 cm³/mol. The fourth-order valence-electron chi connectivity index (χ4n) is 10.9. The molecule has 0 saturated heterocycles. The number of aromatic nitrogens is 2. The van der Waals surface area contributed by atoms with Gasteiger partial charge < -0.3 is 13.6 Å². The minimum absolute atomic E-state index is 0.0934. The second-order valence-electron chi connectivity index (χ2n) is 17.2. The van der Waals surface area contributed by atoms with Crippen LogP contribution in [0.5, 0.6) is 0 Å². The van der Waals surface area contributed by atoms with Crippen LogP contribution in [-0.4, -0.2) is 9.13 Å². The molecule has 0 N–H and O–H groups in total. The molecule has 2 aliphatic rings. The second-order valence-corrected chi connectivity index (χ2v) is 17.2. The van der Waals surface area contributed by atoms with Gasteiger partial charge in [0.25, 0.3) is 0 Å². The first-order valence-electron chi connectivity index (χ1n) is 21.1. The van der Waals surface area contributed by atoms with E-state index in [0.717, 1.165) is 34.0 Å². The zero-order valence-electron chi connectivity index (χ0n) is 33.5. The van der Waals surface area contributed by atoms with Gasteiger partial charge in [-0.3, -0.25) is 0 Å². The van der Waals surface area contributed by atoms with Gasteiger partial charge >= 0.3 is 0 Å². The van der Waals surface area contributed by atoms with Gasteiger partial charge in [-0.2, -0.15) is 0 Å². The number of benzene rings is 8. The molecule has 3 heteroatoms. The maximum Gasteiger partial charge on any atom is 0.136 e. The summed E-state index contributed by atoms with van der Waals surface area (Å²) in [7, 11) is 0. The molecule has 0 saturated carbocycles. The molecule has 0 amide bonds. The standard InChI is InChI=1S/C57H40N2O/c1-57(2)46-21-11-9-19-42(46)55-47(57)27-30-51-56(55)44-34-37(25-29-50(44)59(51)39-16-7-4-8-17-39)40-20-13-23-53-54(40)45-33-36(26-31-52(45)60-53)35-24-28-49-43(32-35)41-18-10-12-22-48(41)58(49)38-14-5-3-6-15-38/h3-14,16-34,38H,15H2,1-2H3. The molecule has 3 aromatic heterocycles. The van der Waals surface area contributed by atoms with Crippen LogP contribution in [0, 0.1) is 0 Å². The number of fused-ring (bicyclic) bond motifs is 13. The summed E-state index contributed by atoms with van der Waals surface area (Å²) in [5, 5.41) is 7.41. The van der Waals surface area contributed by atoms with Crippen LogP contribution in [0.4, 0.5) is 0 Å². The van der Waals surface area contributed by atoms with Gasteiger partial charge in [-0.25, -0.2) is 0 Å². The lowest BCUT2D eigenvalue weighted by molar-refractivity contribution is 0.648. The van der Waals surface area contributed by atoms with E-state index in [1.165, 1.54) is 88.1 Å². The van der Waals surface area contributed by atoms with Crippen molar-refractivity contribution in [2.45, 2.75) is 31.7 Å². The third kappa shape index (κ3) is 4.60. The molecule has 8 aromatic carbocycles. The van der Waals surface area contributed by atoms with Crippen LogP contribution in [0.25, 0.3) is 105 Å². The van der Waals surface area contributed by atoms with Crippen LogP contribution >= 0.6 is 0 Å².